The predicted molar refractivity (Wildman–Crippen MR) is 202 cm³/mol. The summed E-state index contributed by atoms with van der Waals surface area (Å²) >= 11 is 0. The van der Waals surface area contributed by atoms with E-state index >= 15 is 0 Å². The molecule has 4 aliphatic rings. The lowest BCUT2D eigenvalue weighted by molar-refractivity contribution is -0.120. The zero-order valence-corrected chi connectivity index (χ0v) is 30.9. The number of hydrogen-bond acceptors (Lipinski definition) is 7. The summed E-state index contributed by atoms with van der Waals surface area (Å²) in [4.78, 5) is 32.1. The number of hydrogen-bond donors (Lipinski definition) is 1. The predicted octanol–water partition coefficient (Wildman–Crippen LogP) is 5.65. The number of amides is 1. The molecule has 3 atom stereocenters. The van der Waals surface area contributed by atoms with E-state index in [4.69, 9.17) is 0 Å². The lowest BCUT2D eigenvalue weighted by atomic mass is 9.56. The number of ketones is 1. The van der Waals surface area contributed by atoms with Crippen molar-refractivity contribution in [1.29, 1.82) is 0 Å². The Bertz CT molecular complexity index is 1860. The number of fused-ring (bicyclic) bond motifs is 1. The molecular formula is C42H52N4O4S. The standard InChI is InChI=1S/C42H52N4O4S/c1-4-36(48)23-31-9-7-11-38(24-31)51(49,50)37-17-15-35(16-18-37)46-26-32(27-46)25-45-21-19-34(20-22-45)42(40-13-8-14-41(40)43-30(2)47)29-44(3)28-33-10-5-6-12-39(33)42/h4-7,9-12,15-18,24,32,34,40-41H,1,8,13-14,19-23,25-29H2,2-3H3,(H,43,47)/t40-,41-,42-/m0/s1. The average Bonchev–Trinajstić information content (AvgIpc) is 3.57. The van der Waals surface area contributed by atoms with Gasteiger partial charge in [0.2, 0.25) is 15.7 Å². The van der Waals surface area contributed by atoms with Crippen LogP contribution in [0.4, 0.5) is 5.69 Å². The second kappa shape index (κ2) is 14.7. The average molecular weight is 709 g/mol. The molecule has 2 saturated heterocycles. The van der Waals surface area contributed by atoms with E-state index < -0.39 is 9.84 Å². The van der Waals surface area contributed by atoms with Crippen LogP contribution in [0.25, 0.3) is 0 Å². The molecule has 51 heavy (non-hydrogen) atoms. The van der Waals surface area contributed by atoms with Crippen molar-refractivity contribution >= 4 is 27.2 Å². The smallest absolute Gasteiger partial charge is 0.217 e. The van der Waals surface area contributed by atoms with Crippen LogP contribution in [0.5, 0.6) is 0 Å². The van der Waals surface area contributed by atoms with Gasteiger partial charge in [0.05, 0.1) is 9.79 Å². The Balaban J connectivity index is 0.973. The van der Waals surface area contributed by atoms with Gasteiger partial charge in [-0.3, -0.25) is 9.59 Å². The van der Waals surface area contributed by atoms with E-state index in [9.17, 15) is 18.0 Å². The normalized spacial score (nSPS) is 24.9. The number of piperidine rings is 1. The number of likely N-dealkylation sites (N-methyl/N-ethyl adjacent to an activating group) is 1. The van der Waals surface area contributed by atoms with Crippen molar-refractivity contribution in [3.05, 3.63) is 102 Å². The van der Waals surface area contributed by atoms with Gasteiger partial charge in [0, 0.05) is 69.1 Å². The molecule has 3 heterocycles. The minimum absolute atomic E-state index is 0.0412. The summed E-state index contributed by atoms with van der Waals surface area (Å²) in [6.07, 6.45) is 7.15. The summed E-state index contributed by atoms with van der Waals surface area (Å²) in [5.74, 6) is 1.55. The molecule has 3 aromatic carbocycles. The Labute approximate surface area is 303 Å². The van der Waals surface area contributed by atoms with Gasteiger partial charge in [-0.2, -0.15) is 0 Å². The Hall–Kier alpha value is -3.79. The third-order valence-corrected chi connectivity index (χ3v) is 13.9. The highest BCUT2D eigenvalue weighted by Gasteiger charge is 2.54. The number of likely N-dealkylation sites (tertiary alicyclic amines) is 1. The number of rotatable bonds is 11. The third kappa shape index (κ3) is 7.17. The fraction of sp³-hybridized carbons (Fsp3) is 0.476. The Morgan fingerprint density at radius 2 is 1.69 bits per heavy atom. The van der Waals surface area contributed by atoms with Crippen LogP contribution in [0.2, 0.25) is 0 Å². The van der Waals surface area contributed by atoms with Crippen molar-refractivity contribution in [2.75, 3.05) is 51.2 Å². The maximum atomic E-state index is 13.4. The van der Waals surface area contributed by atoms with E-state index in [1.807, 2.05) is 12.1 Å². The molecule has 1 aliphatic carbocycles. The van der Waals surface area contributed by atoms with Gasteiger partial charge < -0.3 is 20.0 Å². The van der Waals surface area contributed by atoms with Crippen molar-refractivity contribution in [1.82, 2.24) is 15.1 Å². The molecule has 1 saturated carbocycles. The summed E-state index contributed by atoms with van der Waals surface area (Å²) in [6, 6.07) is 23.2. The Morgan fingerprint density at radius 1 is 0.941 bits per heavy atom. The third-order valence-electron chi connectivity index (χ3n) is 12.2. The second-order valence-corrected chi connectivity index (χ2v) is 17.5. The lowest BCUT2D eigenvalue weighted by Gasteiger charge is -2.55. The first-order valence-corrected chi connectivity index (χ1v) is 20.2. The molecule has 3 fully saturated rings. The number of sulfone groups is 1. The van der Waals surface area contributed by atoms with E-state index in [1.165, 1.54) is 42.9 Å². The van der Waals surface area contributed by atoms with Gasteiger partial charge in [-0.05, 0) is 117 Å². The van der Waals surface area contributed by atoms with E-state index in [0.29, 0.717) is 23.3 Å². The van der Waals surface area contributed by atoms with Gasteiger partial charge in [-0.15, -0.1) is 0 Å². The summed E-state index contributed by atoms with van der Waals surface area (Å²) in [7, 11) is -1.43. The van der Waals surface area contributed by atoms with Crippen LogP contribution >= 0.6 is 0 Å². The number of carbonyl (C=O) groups excluding carboxylic acids is 2. The summed E-state index contributed by atoms with van der Waals surface area (Å²) < 4.78 is 26.8. The molecular weight excluding hydrogens is 657 g/mol. The van der Waals surface area contributed by atoms with E-state index in [2.05, 4.69) is 57.9 Å². The van der Waals surface area contributed by atoms with Gasteiger partial charge in [0.15, 0.2) is 5.78 Å². The van der Waals surface area contributed by atoms with Crippen LogP contribution < -0.4 is 10.2 Å². The van der Waals surface area contributed by atoms with Crippen LogP contribution in [0.15, 0.2) is 95.2 Å². The molecule has 3 aliphatic heterocycles. The molecule has 0 bridgehead atoms. The molecule has 9 heteroatoms. The Kier molecular flexibility index (Phi) is 10.2. The second-order valence-electron chi connectivity index (χ2n) is 15.6. The highest BCUT2D eigenvalue weighted by molar-refractivity contribution is 7.91. The first-order valence-electron chi connectivity index (χ1n) is 18.7. The quantitative estimate of drug-likeness (QED) is 0.258. The maximum absolute atomic E-state index is 13.4. The molecule has 0 aromatic heterocycles. The Morgan fingerprint density at radius 3 is 2.41 bits per heavy atom. The van der Waals surface area contributed by atoms with Gasteiger partial charge in [-0.1, -0.05) is 49.4 Å². The molecule has 7 rings (SSSR count). The van der Waals surface area contributed by atoms with Gasteiger partial charge in [0.1, 0.15) is 0 Å². The molecule has 270 valence electrons. The fourth-order valence-electron chi connectivity index (χ4n) is 9.93. The minimum Gasteiger partial charge on any atom is -0.371 e. The van der Waals surface area contributed by atoms with Crippen LogP contribution in [0.3, 0.4) is 0 Å². The molecule has 0 radical (unpaired) electrons. The van der Waals surface area contributed by atoms with Crippen LogP contribution in [0, 0.1) is 17.8 Å². The van der Waals surface area contributed by atoms with Gasteiger partial charge >= 0.3 is 0 Å². The highest BCUT2D eigenvalue weighted by atomic mass is 32.2. The lowest BCUT2D eigenvalue weighted by Crippen LogP contribution is -2.59. The van der Waals surface area contributed by atoms with E-state index in [-0.39, 0.29) is 39.4 Å². The highest BCUT2D eigenvalue weighted by Crippen LogP contribution is 2.53. The number of nitrogens with one attached hydrogen (secondary N) is 1. The summed E-state index contributed by atoms with van der Waals surface area (Å²) in [6.45, 7) is 12.4. The number of anilines is 1. The zero-order chi connectivity index (χ0) is 35.8. The molecule has 3 aromatic rings. The monoisotopic (exact) mass is 708 g/mol. The minimum atomic E-state index is -3.70. The van der Waals surface area contributed by atoms with Crippen molar-refractivity contribution in [2.45, 2.75) is 73.2 Å². The summed E-state index contributed by atoms with van der Waals surface area (Å²) in [5.41, 5.74) is 4.73. The summed E-state index contributed by atoms with van der Waals surface area (Å²) in [5, 5.41) is 3.38. The van der Waals surface area contributed by atoms with E-state index in [1.54, 1.807) is 43.3 Å². The van der Waals surface area contributed by atoms with Crippen LogP contribution in [0.1, 0.15) is 55.7 Å². The molecule has 0 unspecified atom stereocenters. The van der Waals surface area contributed by atoms with Crippen molar-refractivity contribution < 1.29 is 18.0 Å². The van der Waals surface area contributed by atoms with Crippen LogP contribution in [-0.2, 0) is 37.8 Å². The van der Waals surface area contributed by atoms with Crippen molar-refractivity contribution in [3.63, 3.8) is 0 Å². The first kappa shape index (κ1) is 35.6. The fourth-order valence-corrected chi connectivity index (χ4v) is 11.3. The molecule has 1 N–H and O–H groups in total. The number of carbonyl (C=O) groups is 2. The number of benzene rings is 3. The van der Waals surface area contributed by atoms with E-state index in [0.717, 1.165) is 57.9 Å². The number of allylic oxidation sites excluding steroid dienone is 1. The molecule has 1 amide bonds. The first-order chi connectivity index (χ1) is 24.6. The molecule has 8 nitrogen and oxygen atoms in total. The zero-order valence-electron chi connectivity index (χ0n) is 30.1. The number of nitrogens with zero attached hydrogens (tertiary/aromatic N) is 3. The van der Waals surface area contributed by atoms with Crippen LogP contribution in [-0.4, -0.2) is 82.3 Å². The largest absolute Gasteiger partial charge is 0.371 e. The maximum Gasteiger partial charge on any atom is 0.217 e. The molecule has 0 spiro atoms. The van der Waals surface area contributed by atoms with Gasteiger partial charge in [0.25, 0.3) is 0 Å². The van der Waals surface area contributed by atoms with Crippen molar-refractivity contribution in [2.24, 2.45) is 17.8 Å². The van der Waals surface area contributed by atoms with Crippen molar-refractivity contribution in [3.8, 4) is 0 Å². The topological polar surface area (TPSA) is 90.0 Å². The van der Waals surface area contributed by atoms with Gasteiger partial charge in [-0.25, -0.2) is 8.42 Å². The SMILES string of the molecule is C=CC(=O)Cc1cccc(S(=O)(=O)c2ccc(N3CC(CN4CCC([C@@]5([C@H]6CCC[C@@H]6NC(C)=O)CN(C)Cc6ccccc65)CC4)C3)cc2)c1.